The van der Waals surface area contributed by atoms with Gasteiger partial charge in [-0.3, -0.25) is 14.4 Å². The number of carbonyl (C=O) groups excluding carboxylic acids is 3. The molecule has 0 aromatic carbocycles. The van der Waals surface area contributed by atoms with E-state index in [0.717, 1.165) is 57.8 Å². The van der Waals surface area contributed by atoms with Gasteiger partial charge in [0.25, 0.3) is 0 Å². The summed E-state index contributed by atoms with van der Waals surface area (Å²) in [6.45, 7) is 6.35. The smallest absolute Gasteiger partial charge is 0.306 e. The topological polar surface area (TPSA) is 78.9 Å². The van der Waals surface area contributed by atoms with Crippen LogP contribution < -0.4 is 0 Å². The van der Waals surface area contributed by atoms with E-state index < -0.39 is 6.10 Å². The molecule has 6 heteroatoms. The lowest BCUT2D eigenvalue weighted by Crippen LogP contribution is -2.30. The molecule has 0 aliphatic carbocycles. The van der Waals surface area contributed by atoms with E-state index in [4.69, 9.17) is 14.2 Å². The lowest BCUT2D eigenvalue weighted by molar-refractivity contribution is -0.166. The van der Waals surface area contributed by atoms with Crippen molar-refractivity contribution in [3.05, 3.63) is 134 Å². The van der Waals surface area contributed by atoms with E-state index in [1.807, 2.05) is 79.0 Å². The van der Waals surface area contributed by atoms with E-state index in [-0.39, 0.29) is 37.5 Å². The highest BCUT2D eigenvalue weighted by molar-refractivity contribution is 5.71. The summed E-state index contributed by atoms with van der Waals surface area (Å²) < 4.78 is 16.7. The molecule has 1 unspecified atom stereocenters. The Morgan fingerprint density at radius 1 is 0.319 bits per heavy atom. The van der Waals surface area contributed by atoms with Crippen molar-refractivity contribution < 1.29 is 28.6 Å². The van der Waals surface area contributed by atoms with Gasteiger partial charge in [0.2, 0.25) is 0 Å². The Kier molecular flexibility index (Phi) is 52.5. The molecule has 0 heterocycles. The Labute approximate surface area is 424 Å². The predicted octanol–water partition coefficient (Wildman–Crippen LogP) is 18.6. The number of rotatable bonds is 48. The zero-order chi connectivity index (χ0) is 50.0. The molecule has 0 aliphatic rings. The predicted molar refractivity (Wildman–Crippen MR) is 297 cm³/mol. The van der Waals surface area contributed by atoms with Gasteiger partial charge in [0.1, 0.15) is 13.2 Å². The number of allylic oxidation sites excluding steroid dienone is 22. The number of hydrogen-bond donors (Lipinski definition) is 0. The number of hydrogen-bond acceptors (Lipinski definition) is 6. The first-order chi connectivity index (χ1) is 34.0. The van der Waals surface area contributed by atoms with Crippen molar-refractivity contribution in [2.45, 2.75) is 232 Å². The zero-order valence-corrected chi connectivity index (χ0v) is 44.3. The van der Waals surface area contributed by atoms with E-state index >= 15 is 0 Å². The van der Waals surface area contributed by atoms with Gasteiger partial charge in [-0.1, -0.05) is 257 Å². The van der Waals surface area contributed by atoms with Crippen LogP contribution in [0, 0.1) is 0 Å². The normalized spacial score (nSPS) is 13.1. The quantitative estimate of drug-likeness (QED) is 0.0199. The third kappa shape index (κ3) is 54.4. The van der Waals surface area contributed by atoms with Crippen molar-refractivity contribution in [1.82, 2.24) is 0 Å². The maximum Gasteiger partial charge on any atom is 0.306 e. The molecule has 0 saturated carbocycles. The highest BCUT2D eigenvalue weighted by Gasteiger charge is 2.19. The SMILES string of the molecule is CC/C=C/C=C/C=C/C=C/C=C/C=C/C=C/CCCCCC(=O)OCC(COC(=O)CC/C=C/C/C=C/CCCCCCCC)OC(=O)CCCCCCCCCCCC/C=C/C=C/CCCCC. The lowest BCUT2D eigenvalue weighted by Gasteiger charge is -2.18. The van der Waals surface area contributed by atoms with Gasteiger partial charge < -0.3 is 14.2 Å². The van der Waals surface area contributed by atoms with Crippen LogP contribution in [0.1, 0.15) is 226 Å². The maximum absolute atomic E-state index is 12.8. The lowest BCUT2D eigenvalue weighted by atomic mass is 10.1. The standard InChI is InChI=1S/C63H100O6/c1-4-7-10-13-16-19-22-25-27-29-31-33-35-38-41-44-47-50-53-56-62(65)68-59-60(58-67-61(64)55-52-49-46-43-40-37-24-21-18-15-12-9-6-3)69-63(66)57-54-51-48-45-42-39-36-34-32-30-28-26-23-20-17-14-11-8-5-2/h7,10,13,16-17,19-20,22-23,25-27,29,31,33,35,37-38,40-41,46,49,60H,4-6,8-9,11-12,14-15,18,21,24,28,30,32,34,36,39,42-45,47-48,50-59H2,1-3H3/b10-7+,16-13+,20-17+,22-19+,26-23+,27-25+,31-29+,35-33+,40-37+,41-38+,49-46+. The fourth-order valence-electron chi connectivity index (χ4n) is 7.17. The van der Waals surface area contributed by atoms with Crippen LogP contribution in [-0.4, -0.2) is 37.2 Å². The summed E-state index contributed by atoms with van der Waals surface area (Å²) in [6.07, 6.45) is 78.7. The molecule has 0 aromatic heterocycles. The van der Waals surface area contributed by atoms with Crippen LogP contribution in [0.4, 0.5) is 0 Å². The van der Waals surface area contributed by atoms with Crippen molar-refractivity contribution in [3.8, 4) is 0 Å². The third-order valence-corrected chi connectivity index (χ3v) is 11.3. The molecule has 388 valence electrons. The first-order valence-electron chi connectivity index (χ1n) is 27.8. The number of esters is 3. The molecule has 0 saturated heterocycles. The summed E-state index contributed by atoms with van der Waals surface area (Å²) in [5, 5.41) is 0. The maximum atomic E-state index is 12.8. The fraction of sp³-hybridized carbons (Fsp3) is 0.603. The molecule has 0 aromatic rings. The second kappa shape index (κ2) is 56.1. The number of carbonyl (C=O) groups is 3. The summed E-state index contributed by atoms with van der Waals surface area (Å²) in [6, 6.07) is 0. The number of ether oxygens (including phenoxy) is 3. The van der Waals surface area contributed by atoms with E-state index in [0.29, 0.717) is 25.7 Å². The Morgan fingerprint density at radius 2 is 0.652 bits per heavy atom. The largest absolute Gasteiger partial charge is 0.462 e. The summed E-state index contributed by atoms with van der Waals surface area (Å²) in [4.78, 5) is 38.1. The Balaban J connectivity index is 4.55. The summed E-state index contributed by atoms with van der Waals surface area (Å²) in [5.41, 5.74) is 0. The highest BCUT2D eigenvalue weighted by atomic mass is 16.6. The summed E-state index contributed by atoms with van der Waals surface area (Å²) in [5.74, 6) is -1.04. The van der Waals surface area contributed by atoms with E-state index in [1.54, 1.807) is 0 Å². The molecule has 0 radical (unpaired) electrons. The highest BCUT2D eigenvalue weighted by Crippen LogP contribution is 2.14. The van der Waals surface area contributed by atoms with Gasteiger partial charge in [0, 0.05) is 19.3 Å². The van der Waals surface area contributed by atoms with Gasteiger partial charge in [-0.15, -0.1) is 0 Å². The van der Waals surface area contributed by atoms with Gasteiger partial charge in [0.05, 0.1) is 0 Å². The summed E-state index contributed by atoms with van der Waals surface area (Å²) in [7, 11) is 0. The Morgan fingerprint density at radius 3 is 1.14 bits per heavy atom. The van der Waals surface area contributed by atoms with Crippen molar-refractivity contribution >= 4 is 17.9 Å². The van der Waals surface area contributed by atoms with Crippen LogP contribution in [0.3, 0.4) is 0 Å². The Hall–Kier alpha value is -4.45. The third-order valence-electron chi connectivity index (χ3n) is 11.3. The molecule has 0 amide bonds. The first kappa shape index (κ1) is 64.5. The van der Waals surface area contributed by atoms with Gasteiger partial charge in [0.15, 0.2) is 6.10 Å². The minimum atomic E-state index is -0.827. The van der Waals surface area contributed by atoms with Crippen LogP contribution in [0.2, 0.25) is 0 Å². The van der Waals surface area contributed by atoms with E-state index in [1.165, 1.54) is 116 Å². The van der Waals surface area contributed by atoms with Crippen LogP contribution in [0.15, 0.2) is 134 Å². The minimum Gasteiger partial charge on any atom is -0.462 e. The molecule has 1 atom stereocenters. The first-order valence-corrected chi connectivity index (χ1v) is 27.8. The van der Waals surface area contributed by atoms with Gasteiger partial charge in [-0.2, -0.15) is 0 Å². The number of unbranched alkanes of at least 4 members (excludes halogenated alkanes) is 22. The molecular formula is C63H100O6. The monoisotopic (exact) mass is 953 g/mol. The van der Waals surface area contributed by atoms with Crippen molar-refractivity contribution in [2.24, 2.45) is 0 Å². The second-order valence-corrected chi connectivity index (χ2v) is 18.0. The van der Waals surface area contributed by atoms with Crippen LogP contribution >= 0.6 is 0 Å². The fourth-order valence-corrected chi connectivity index (χ4v) is 7.17. The van der Waals surface area contributed by atoms with Crippen LogP contribution in [0.25, 0.3) is 0 Å². The summed E-state index contributed by atoms with van der Waals surface area (Å²) >= 11 is 0. The van der Waals surface area contributed by atoms with Crippen LogP contribution in [-0.2, 0) is 28.6 Å². The molecule has 0 bridgehead atoms. The molecule has 6 nitrogen and oxygen atoms in total. The molecule has 0 rings (SSSR count). The average molecular weight is 953 g/mol. The molecule has 0 spiro atoms. The minimum absolute atomic E-state index is 0.125. The molecule has 0 N–H and O–H groups in total. The van der Waals surface area contributed by atoms with Crippen LogP contribution in [0.5, 0.6) is 0 Å². The molecule has 0 fully saturated rings. The molecule has 0 aliphatic heterocycles. The molecule has 69 heavy (non-hydrogen) atoms. The van der Waals surface area contributed by atoms with Gasteiger partial charge >= 0.3 is 17.9 Å². The van der Waals surface area contributed by atoms with Gasteiger partial charge in [-0.05, 0) is 83.5 Å². The average Bonchev–Trinajstić information content (AvgIpc) is 3.35. The van der Waals surface area contributed by atoms with Crippen molar-refractivity contribution in [1.29, 1.82) is 0 Å². The van der Waals surface area contributed by atoms with Crippen molar-refractivity contribution in [2.75, 3.05) is 13.2 Å². The van der Waals surface area contributed by atoms with Crippen molar-refractivity contribution in [3.63, 3.8) is 0 Å². The van der Waals surface area contributed by atoms with E-state index in [9.17, 15) is 14.4 Å². The molecular weight excluding hydrogens is 853 g/mol. The van der Waals surface area contributed by atoms with Gasteiger partial charge in [-0.25, -0.2) is 0 Å². The zero-order valence-electron chi connectivity index (χ0n) is 44.3. The Bertz CT molecular complexity index is 1510. The second-order valence-electron chi connectivity index (χ2n) is 18.0. The van der Waals surface area contributed by atoms with E-state index in [2.05, 4.69) is 75.5 Å².